The van der Waals surface area contributed by atoms with E-state index in [4.69, 9.17) is 14.0 Å². The lowest BCUT2D eigenvalue weighted by Gasteiger charge is -2.17. The molecule has 0 saturated carbocycles. The number of nitrogens with one attached hydrogen (secondary N) is 1. The van der Waals surface area contributed by atoms with Crippen LogP contribution in [0.3, 0.4) is 0 Å². The second kappa shape index (κ2) is 8.22. The number of hydrogen-bond donors (Lipinski definition) is 1. The Labute approximate surface area is 167 Å². The Kier molecular flexibility index (Phi) is 5.33. The lowest BCUT2D eigenvalue weighted by molar-refractivity contribution is -0.120. The van der Waals surface area contributed by atoms with Gasteiger partial charge in [0.1, 0.15) is 18.1 Å². The van der Waals surface area contributed by atoms with Crippen LogP contribution in [-0.4, -0.2) is 48.6 Å². The van der Waals surface area contributed by atoms with Crippen LogP contribution in [-0.2, 0) is 11.4 Å². The van der Waals surface area contributed by atoms with E-state index in [1.165, 1.54) is 0 Å². The Morgan fingerprint density at radius 2 is 1.93 bits per heavy atom. The van der Waals surface area contributed by atoms with Crippen molar-refractivity contribution in [3.05, 3.63) is 53.9 Å². The van der Waals surface area contributed by atoms with E-state index in [9.17, 15) is 9.59 Å². The van der Waals surface area contributed by atoms with E-state index in [1.54, 1.807) is 18.1 Å². The van der Waals surface area contributed by atoms with Crippen molar-refractivity contribution < 1.29 is 23.6 Å². The van der Waals surface area contributed by atoms with E-state index in [0.717, 1.165) is 16.5 Å². The van der Waals surface area contributed by atoms with Gasteiger partial charge in [0.2, 0.25) is 5.91 Å². The molecule has 1 N–H and O–H groups in total. The van der Waals surface area contributed by atoms with Gasteiger partial charge in [-0.05, 0) is 12.1 Å². The number of aromatic nitrogens is 1. The maximum atomic E-state index is 12.6. The lowest BCUT2D eigenvalue weighted by atomic mass is 10.1. The molecule has 1 aromatic heterocycles. The molecule has 0 bridgehead atoms. The van der Waals surface area contributed by atoms with Gasteiger partial charge in [0.05, 0.1) is 7.11 Å². The van der Waals surface area contributed by atoms with Gasteiger partial charge in [-0.2, -0.15) is 0 Å². The minimum absolute atomic E-state index is 0.0544. The summed E-state index contributed by atoms with van der Waals surface area (Å²) < 4.78 is 16.6. The maximum absolute atomic E-state index is 12.6. The number of methoxy groups -OCH3 is 1. The molecule has 4 rings (SSSR count). The van der Waals surface area contributed by atoms with Crippen LogP contribution in [0.25, 0.3) is 10.8 Å². The summed E-state index contributed by atoms with van der Waals surface area (Å²) in [4.78, 5) is 25.6. The molecule has 0 spiro atoms. The highest BCUT2D eigenvalue weighted by Gasteiger charge is 2.23. The molecule has 2 heterocycles. The first-order valence-corrected chi connectivity index (χ1v) is 9.36. The van der Waals surface area contributed by atoms with Crippen LogP contribution in [0.5, 0.6) is 11.5 Å². The highest BCUT2D eigenvalue weighted by atomic mass is 16.5. The minimum atomic E-state index is -0.258. The molecule has 150 valence electrons. The fourth-order valence-electron chi connectivity index (χ4n) is 3.31. The third-order valence-corrected chi connectivity index (χ3v) is 4.81. The largest absolute Gasteiger partial charge is 0.496 e. The summed E-state index contributed by atoms with van der Waals surface area (Å²) in [5.41, 5.74) is 0.206. The van der Waals surface area contributed by atoms with E-state index in [-0.39, 0.29) is 30.5 Å². The van der Waals surface area contributed by atoms with E-state index < -0.39 is 0 Å². The molecule has 1 saturated heterocycles. The first-order valence-electron chi connectivity index (χ1n) is 9.36. The fourth-order valence-corrected chi connectivity index (χ4v) is 3.31. The highest BCUT2D eigenvalue weighted by Crippen LogP contribution is 2.33. The number of ether oxygens (including phenoxy) is 2. The van der Waals surface area contributed by atoms with Crippen molar-refractivity contribution in [3.63, 3.8) is 0 Å². The number of carbonyl (C=O) groups is 2. The number of hydrogen-bond acceptors (Lipinski definition) is 6. The van der Waals surface area contributed by atoms with Crippen molar-refractivity contribution in [2.45, 2.75) is 13.0 Å². The minimum Gasteiger partial charge on any atom is -0.496 e. The summed E-state index contributed by atoms with van der Waals surface area (Å²) in [5.74, 6) is 1.58. The van der Waals surface area contributed by atoms with Gasteiger partial charge < -0.3 is 24.2 Å². The molecular weight excluding hydrogens is 374 g/mol. The molecule has 1 fully saturated rings. The smallest absolute Gasteiger partial charge is 0.276 e. The molecule has 3 aromatic rings. The SMILES string of the molecule is COc1ccc(OCc2cc(C(=O)N3CCNC(=O)CC3)no2)c2ccccc12. The molecule has 2 amide bonds. The number of nitrogens with zero attached hydrogens (tertiary/aromatic N) is 2. The van der Waals surface area contributed by atoms with E-state index in [2.05, 4.69) is 10.5 Å². The van der Waals surface area contributed by atoms with Crippen molar-refractivity contribution in [2.24, 2.45) is 0 Å². The normalized spacial score (nSPS) is 14.4. The quantitative estimate of drug-likeness (QED) is 0.713. The molecule has 0 atom stereocenters. The van der Waals surface area contributed by atoms with Crippen molar-refractivity contribution in [1.82, 2.24) is 15.4 Å². The van der Waals surface area contributed by atoms with Gasteiger partial charge in [0.15, 0.2) is 11.5 Å². The van der Waals surface area contributed by atoms with Crippen LogP contribution in [0, 0.1) is 0 Å². The van der Waals surface area contributed by atoms with Crippen molar-refractivity contribution in [3.8, 4) is 11.5 Å². The predicted molar refractivity (Wildman–Crippen MR) is 105 cm³/mol. The Balaban J connectivity index is 1.46. The third-order valence-electron chi connectivity index (χ3n) is 4.81. The number of benzene rings is 2. The molecular formula is C21H21N3O5. The van der Waals surface area contributed by atoms with Gasteiger partial charge in [-0.25, -0.2) is 0 Å². The Morgan fingerprint density at radius 3 is 2.72 bits per heavy atom. The molecule has 1 aliphatic rings. The maximum Gasteiger partial charge on any atom is 0.276 e. The van der Waals surface area contributed by atoms with Crippen molar-refractivity contribution in [2.75, 3.05) is 26.7 Å². The first-order chi connectivity index (χ1) is 14.2. The Morgan fingerprint density at radius 1 is 1.17 bits per heavy atom. The summed E-state index contributed by atoms with van der Waals surface area (Å²) in [5, 5.41) is 8.48. The highest BCUT2D eigenvalue weighted by molar-refractivity contribution is 5.93. The number of rotatable bonds is 5. The molecule has 0 aliphatic carbocycles. The molecule has 0 radical (unpaired) electrons. The Bertz CT molecular complexity index is 1050. The summed E-state index contributed by atoms with van der Waals surface area (Å²) in [6, 6.07) is 13.1. The summed E-state index contributed by atoms with van der Waals surface area (Å²) in [6.45, 7) is 1.38. The summed E-state index contributed by atoms with van der Waals surface area (Å²) in [7, 11) is 1.63. The van der Waals surface area contributed by atoms with Crippen LogP contribution < -0.4 is 14.8 Å². The topological polar surface area (TPSA) is 93.9 Å². The van der Waals surface area contributed by atoms with E-state index in [0.29, 0.717) is 31.1 Å². The first kappa shape index (κ1) is 18.8. The third kappa shape index (κ3) is 4.01. The van der Waals surface area contributed by atoms with Gasteiger partial charge >= 0.3 is 0 Å². The van der Waals surface area contributed by atoms with Gasteiger partial charge in [-0.3, -0.25) is 9.59 Å². The van der Waals surface area contributed by atoms with E-state index in [1.807, 2.05) is 36.4 Å². The molecule has 2 aromatic carbocycles. The second-order valence-corrected chi connectivity index (χ2v) is 6.67. The number of carbonyl (C=O) groups excluding carboxylic acids is 2. The summed E-state index contributed by atoms with van der Waals surface area (Å²) in [6.07, 6.45) is 0.282. The van der Waals surface area contributed by atoms with Crippen molar-refractivity contribution in [1.29, 1.82) is 0 Å². The van der Waals surface area contributed by atoms with E-state index >= 15 is 0 Å². The summed E-state index contributed by atoms with van der Waals surface area (Å²) >= 11 is 0. The molecule has 8 nitrogen and oxygen atoms in total. The Hall–Kier alpha value is -3.55. The van der Waals surface area contributed by atoms with Gasteiger partial charge in [0.25, 0.3) is 5.91 Å². The zero-order valence-electron chi connectivity index (χ0n) is 16.0. The second-order valence-electron chi connectivity index (χ2n) is 6.67. The fraction of sp³-hybridized carbons (Fsp3) is 0.286. The monoisotopic (exact) mass is 395 g/mol. The molecule has 0 unspecified atom stereocenters. The van der Waals surface area contributed by atoms with Crippen LogP contribution in [0.1, 0.15) is 22.7 Å². The average molecular weight is 395 g/mol. The zero-order chi connectivity index (χ0) is 20.2. The van der Waals surface area contributed by atoms with Crippen LogP contribution in [0.4, 0.5) is 0 Å². The molecule has 1 aliphatic heterocycles. The van der Waals surface area contributed by atoms with Gasteiger partial charge in [-0.1, -0.05) is 29.4 Å². The average Bonchev–Trinajstić information content (AvgIpc) is 3.12. The molecule has 29 heavy (non-hydrogen) atoms. The molecule has 8 heteroatoms. The number of amides is 2. The van der Waals surface area contributed by atoms with Crippen LogP contribution in [0.2, 0.25) is 0 Å². The zero-order valence-corrected chi connectivity index (χ0v) is 16.0. The lowest BCUT2D eigenvalue weighted by Crippen LogP contribution is -2.34. The van der Waals surface area contributed by atoms with Crippen molar-refractivity contribution >= 4 is 22.6 Å². The standard InChI is InChI=1S/C21H21N3O5/c1-27-18-6-7-19(16-5-3-2-4-15(16)18)28-13-14-12-17(23-29-14)21(26)24-10-8-20(25)22-9-11-24/h2-7,12H,8-11,13H2,1H3,(H,22,25). The van der Waals surface area contributed by atoms with Crippen LogP contribution in [0.15, 0.2) is 47.0 Å². The van der Waals surface area contributed by atoms with Gasteiger partial charge in [-0.15, -0.1) is 0 Å². The van der Waals surface area contributed by atoms with Crippen LogP contribution >= 0.6 is 0 Å². The predicted octanol–water partition coefficient (Wildman–Crippen LogP) is 2.38. The number of fused-ring (bicyclic) bond motifs is 1. The van der Waals surface area contributed by atoms with Gasteiger partial charge in [0, 0.05) is 42.9 Å².